The number of Topliss-reactive ketones (excluding diaryl/α,β-unsaturated/α-hetero) is 2. The Morgan fingerprint density at radius 3 is 2.52 bits per heavy atom. The summed E-state index contributed by atoms with van der Waals surface area (Å²) in [5.41, 5.74) is -1.42. The topological polar surface area (TPSA) is 97.8 Å². The van der Waals surface area contributed by atoms with Crippen LogP contribution in [0.1, 0.15) is 38.5 Å². The summed E-state index contributed by atoms with van der Waals surface area (Å²) < 4.78 is 5.12. The second kappa shape index (κ2) is 5.72. The van der Waals surface area contributed by atoms with Crippen LogP contribution in [-0.4, -0.2) is 41.0 Å². The van der Waals surface area contributed by atoms with E-state index >= 15 is 0 Å². The minimum Gasteiger partial charge on any atom is -0.443 e. The highest BCUT2D eigenvalue weighted by atomic mass is 16.5. The van der Waals surface area contributed by atoms with E-state index in [2.05, 4.69) is 0 Å². The number of carbonyl (C=O) groups excluding carboxylic acids is 5. The van der Waals surface area contributed by atoms with Gasteiger partial charge in [-0.05, 0) is 12.8 Å². The lowest BCUT2D eigenvalue weighted by atomic mass is 9.58. The molecular formula is C16H17NO6. The summed E-state index contributed by atoms with van der Waals surface area (Å²) in [7, 11) is 0. The molecule has 0 N–H and O–H groups in total. The molecule has 7 nitrogen and oxygen atoms in total. The first-order valence-corrected chi connectivity index (χ1v) is 7.73. The predicted molar refractivity (Wildman–Crippen MR) is 75.6 cm³/mol. The highest BCUT2D eigenvalue weighted by Crippen LogP contribution is 2.47. The van der Waals surface area contributed by atoms with Crippen molar-refractivity contribution in [2.45, 2.75) is 38.5 Å². The van der Waals surface area contributed by atoms with Gasteiger partial charge in [0.15, 0.2) is 12.5 Å². The maximum Gasteiger partial charge on any atom is 0.322 e. The molecule has 0 aromatic heterocycles. The van der Waals surface area contributed by atoms with Crippen LogP contribution < -0.4 is 0 Å². The Hall–Kier alpha value is -2.31. The van der Waals surface area contributed by atoms with Crippen LogP contribution in [0.15, 0.2) is 12.2 Å². The third kappa shape index (κ3) is 2.40. The predicted octanol–water partition coefficient (Wildman–Crippen LogP) is 0.521. The molecule has 0 bridgehead atoms. The van der Waals surface area contributed by atoms with Gasteiger partial charge in [-0.1, -0.05) is 12.8 Å². The molecule has 2 atom stereocenters. The third-order valence-corrected chi connectivity index (χ3v) is 4.98. The molecule has 2 unspecified atom stereocenters. The molecule has 2 saturated carbocycles. The van der Waals surface area contributed by atoms with Gasteiger partial charge in [0.1, 0.15) is 11.2 Å². The van der Waals surface area contributed by atoms with E-state index in [9.17, 15) is 24.0 Å². The van der Waals surface area contributed by atoms with Crippen molar-refractivity contribution in [3.63, 3.8) is 0 Å². The van der Waals surface area contributed by atoms with Gasteiger partial charge in [-0.3, -0.25) is 24.0 Å². The molecule has 2 aliphatic carbocycles. The van der Waals surface area contributed by atoms with Crippen molar-refractivity contribution >= 4 is 29.4 Å². The largest absolute Gasteiger partial charge is 0.443 e. The number of amides is 2. The highest BCUT2D eigenvalue weighted by molar-refractivity contribution is 6.13. The summed E-state index contributed by atoms with van der Waals surface area (Å²) in [5.74, 6) is -2.88. The van der Waals surface area contributed by atoms with Crippen LogP contribution in [0.3, 0.4) is 0 Å². The van der Waals surface area contributed by atoms with Crippen LogP contribution in [0, 0.1) is 11.3 Å². The Labute approximate surface area is 132 Å². The maximum absolute atomic E-state index is 12.6. The number of esters is 1. The van der Waals surface area contributed by atoms with E-state index < -0.39 is 35.8 Å². The number of ether oxygens (including phenoxy) is 1. The van der Waals surface area contributed by atoms with Gasteiger partial charge in [-0.2, -0.15) is 0 Å². The molecule has 0 radical (unpaired) electrons. The van der Waals surface area contributed by atoms with Crippen molar-refractivity contribution in [1.29, 1.82) is 0 Å². The number of ketones is 2. The summed E-state index contributed by atoms with van der Waals surface area (Å²) in [6.07, 6.45) is 4.67. The molecule has 23 heavy (non-hydrogen) atoms. The van der Waals surface area contributed by atoms with E-state index in [0.717, 1.165) is 23.5 Å². The van der Waals surface area contributed by atoms with Gasteiger partial charge in [-0.25, -0.2) is 4.90 Å². The van der Waals surface area contributed by atoms with Crippen LogP contribution in [0.2, 0.25) is 0 Å². The number of fused-ring (bicyclic) bond motifs is 1. The molecule has 1 aliphatic heterocycles. The molecule has 7 heteroatoms. The standard InChI is InChI=1S/C16H17NO6/c18-11-4-5-12(19)16(8-2-1-3-10(11)16)15(22)23-9-17-13(20)6-7-14(17)21/h6-7,10H,1-5,8-9H2. The summed E-state index contributed by atoms with van der Waals surface area (Å²) in [5, 5.41) is 0. The van der Waals surface area contributed by atoms with Gasteiger partial charge in [0.05, 0.1) is 0 Å². The number of imide groups is 1. The molecule has 3 rings (SSSR count). The van der Waals surface area contributed by atoms with Crippen molar-refractivity contribution in [1.82, 2.24) is 4.90 Å². The monoisotopic (exact) mass is 319 g/mol. The molecule has 0 aromatic rings. The Kier molecular flexibility index (Phi) is 3.87. The van der Waals surface area contributed by atoms with E-state index in [-0.39, 0.29) is 24.4 Å². The maximum atomic E-state index is 12.6. The van der Waals surface area contributed by atoms with Crippen molar-refractivity contribution in [2.24, 2.45) is 11.3 Å². The molecule has 0 saturated heterocycles. The van der Waals surface area contributed by atoms with Gasteiger partial charge in [0.2, 0.25) is 0 Å². The molecule has 1 heterocycles. The normalized spacial score (nSPS) is 30.6. The van der Waals surface area contributed by atoms with Crippen LogP contribution in [0.25, 0.3) is 0 Å². The van der Waals surface area contributed by atoms with Crippen molar-refractivity contribution in [2.75, 3.05) is 6.73 Å². The fourth-order valence-electron chi connectivity index (χ4n) is 3.74. The Morgan fingerprint density at radius 2 is 1.83 bits per heavy atom. The number of nitrogens with zero attached hydrogens (tertiary/aromatic N) is 1. The molecule has 2 fully saturated rings. The van der Waals surface area contributed by atoms with Gasteiger partial charge in [0.25, 0.3) is 11.8 Å². The van der Waals surface area contributed by atoms with Crippen molar-refractivity contribution in [3.05, 3.63) is 12.2 Å². The van der Waals surface area contributed by atoms with E-state index in [1.165, 1.54) is 0 Å². The number of rotatable bonds is 3. The number of carbonyl (C=O) groups is 5. The second-order valence-corrected chi connectivity index (χ2v) is 6.16. The first kappa shape index (κ1) is 15.6. The number of hydrogen-bond acceptors (Lipinski definition) is 6. The van der Waals surface area contributed by atoms with E-state index in [0.29, 0.717) is 19.3 Å². The van der Waals surface area contributed by atoms with Crippen LogP contribution in [-0.2, 0) is 28.7 Å². The SMILES string of the molecule is O=C1CCC(=O)C2(C(=O)OCN3C(=O)C=CC3=O)CCCCC12. The van der Waals surface area contributed by atoms with Gasteiger partial charge in [-0.15, -0.1) is 0 Å². The smallest absolute Gasteiger partial charge is 0.322 e. The lowest BCUT2D eigenvalue weighted by molar-refractivity contribution is -0.177. The van der Waals surface area contributed by atoms with E-state index in [1.807, 2.05) is 0 Å². The van der Waals surface area contributed by atoms with Gasteiger partial charge in [0, 0.05) is 30.9 Å². The van der Waals surface area contributed by atoms with Crippen molar-refractivity contribution < 1.29 is 28.7 Å². The van der Waals surface area contributed by atoms with Crippen LogP contribution >= 0.6 is 0 Å². The fraction of sp³-hybridized carbons (Fsp3) is 0.562. The minimum atomic E-state index is -1.42. The third-order valence-electron chi connectivity index (χ3n) is 4.98. The van der Waals surface area contributed by atoms with Crippen LogP contribution in [0.5, 0.6) is 0 Å². The van der Waals surface area contributed by atoms with Gasteiger partial charge >= 0.3 is 5.97 Å². The molecular weight excluding hydrogens is 302 g/mol. The Morgan fingerprint density at radius 1 is 1.13 bits per heavy atom. The first-order chi connectivity index (χ1) is 11.0. The van der Waals surface area contributed by atoms with E-state index in [1.54, 1.807) is 0 Å². The second-order valence-electron chi connectivity index (χ2n) is 6.16. The van der Waals surface area contributed by atoms with Crippen molar-refractivity contribution in [3.8, 4) is 0 Å². The summed E-state index contributed by atoms with van der Waals surface area (Å²) >= 11 is 0. The molecule has 122 valence electrons. The quantitative estimate of drug-likeness (QED) is 0.427. The molecule has 0 spiro atoms. The molecule has 2 amide bonds. The lowest BCUT2D eigenvalue weighted by Crippen LogP contribution is -2.54. The Bertz CT molecular complexity index is 618. The fourth-order valence-corrected chi connectivity index (χ4v) is 3.74. The summed E-state index contributed by atoms with van der Waals surface area (Å²) in [4.78, 5) is 61.0. The minimum absolute atomic E-state index is 0.0492. The zero-order valence-electron chi connectivity index (χ0n) is 12.6. The van der Waals surface area contributed by atoms with E-state index in [4.69, 9.17) is 4.74 Å². The first-order valence-electron chi connectivity index (χ1n) is 7.73. The molecule has 0 aromatic carbocycles. The zero-order chi connectivity index (χ0) is 16.6. The zero-order valence-corrected chi connectivity index (χ0v) is 12.6. The highest BCUT2D eigenvalue weighted by Gasteiger charge is 2.58. The average Bonchev–Trinajstić information content (AvgIpc) is 2.87. The average molecular weight is 319 g/mol. The lowest BCUT2D eigenvalue weighted by Gasteiger charge is -2.42. The summed E-state index contributed by atoms with van der Waals surface area (Å²) in [6, 6.07) is 0. The molecule has 3 aliphatic rings. The van der Waals surface area contributed by atoms with Gasteiger partial charge < -0.3 is 4.74 Å². The number of hydrogen-bond donors (Lipinski definition) is 0. The Balaban J connectivity index is 1.78. The van der Waals surface area contributed by atoms with Crippen LogP contribution in [0.4, 0.5) is 0 Å². The summed E-state index contributed by atoms with van der Waals surface area (Å²) in [6.45, 7) is -0.528.